The van der Waals surface area contributed by atoms with E-state index in [1.165, 1.54) is 31.1 Å². The zero-order chi connectivity index (χ0) is 19.3. The summed E-state index contributed by atoms with van der Waals surface area (Å²) in [5, 5.41) is 6.07. The third kappa shape index (κ3) is 4.70. The van der Waals surface area contributed by atoms with E-state index in [2.05, 4.69) is 21.6 Å². The number of sulfone groups is 1. The van der Waals surface area contributed by atoms with Crippen LogP contribution in [-0.4, -0.2) is 56.4 Å². The smallest absolute Gasteiger partial charge is 0.241 e. The van der Waals surface area contributed by atoms with E-state index < -0.39 is 14.6 Å². The number of piperidine rings is 2. The Bertz CT molecular complexity index is 751. The van der Waals surface area contributed by atoms with Crippen LogP contribution >= 0.6 is 0 Å². The second-order valence-corrected chi connectivity index (χ2v) is 10.1. The van der Waals surface area contributed by atoms with Gasteiger partial charge in [-0.1, -0.05) is 30.7 Å². The van der Waals surface area contributed by atoms with Gasteiger partial charge in [0.25, 0.3) is 0 Å². The molecule has 2 N–H and O–H groups in total. The molecule has 2 fully saturated rings. The molecule has 2 saturated heterocycles. The number of likely N-dealkylation sites (tertiary alicyclic amines) is 1. The van der Waals surface area contributed by atoms with Gasteiger partial charge in [-0.15, -0.1) is 0 Å². The Morgan fingerprint density at radius 3 is 2.37 bits per heavy atom. The summed E-state index contributed by atoms with van der Waals surface area (Å²) in [5.74, 6) is -0.362. The van der Waals surface area contributed by atoms with Crippen LogP contribution in [-0.2, 0) is 27.7 Å². The Labute approximate surface area is 162 Å². The summed E-state index contributed by atoms with van der Waals surface area (Å²) < 4.78 is 23.5. The molecule has 3 rings (SSSR count). The van der Waals surface area contributed by atoms with Crippen LogP contribution < -0.4 is 10.6 Å². The highest BCUT2D eigenvalue weighted by Gasteiger charge is 2.48. The van der Waals surface area contributed by atoms with Crippen molar-refractivity contribution in [2.45, 2.75) is 49.9 Å². The van der Waals surface area contributed by atoms with Gasteiger partial charge < -0.3 is 10.6 Å². The molecule has 1 aromatic carbocycles. The number of hydrogen-bond donors (Lipinski definition) is 2. The van der Waals surface area contributed by atoms with Gasteiger partial charge in [-0.05, 0) is 63.0 Å². The molecule has 0 bridgehead atoms. The van der Waals surface area contributed by atoms with Gasteiger partial charge in [0.1, 0.15) is 0 Å². The number of amides is 1. The maximum Gasteiger partial charge on any atom is 0.241 e. The molecule has 27 heavy (non-hydrogen) atoms. The van der Waals surface area contributed by atoms with Gasteiger partial charge in [0.2, 0.25) is 5.91 Å². The van der Waals surface area contributed by atoms with Crippen molar-refractivity contribution >= 4 is 15.7 Å². The van der Waals surface area contributed by atoms with E-state index in [-0.39, 0.29) is 5.91 Å². The summed E-state index contributed by atoms with van der Waals surface area (Å²) in [6.45, 7) is 4.58. The van der Waals surface area contributed by atoms with Crippen LogP contribution in [0.1, 0.15) is 43.2 Å². The number of benzene rings is 1. The topological polar surface area (TPSA) is 78.5 Å². The van der Waals surface area contributed by atoms with E-state index >= 15 is 0 Å². The molecule has 0 unspecified atom stereocenters. The van der Waals surface area contributed by atoms with Gasteiger partial charge in [0, 0.05) is 19.3 Å². The van der Waals surface area contributed by atoms with Crippen LogP contribution in [0, 0.1) is 0 Å². The van der Waals surface area contributed by atoms with Crippen molar-refractivity contribution in [3.05, 3.63) is 35.4 Å². The molecule has 0 aromatic heterocycles. The molecule has 2 aliphatic rings. The largest absolute Gasteiger partial charge is 0.351 e. The quantitative estimate of drug-likeness (QED) is 0.765. The SMILES string of the molecule is CS(=O)(=O)C1(C(=O)NCc2ccccc2CN2CCCCC2)CCNCC1. The minimum Gasteiger partial charge on any atom is -0.351 e. The highest BCUT2D eigenvalue weighted by atomic mass is 32.2. The molecule has 0 aliphatic carbocycles. The standard InChI is InChI=1S/C20H31N3O3S/c1-27(25,26)20(9-11-21-12-10-20)19(24)22-15-17-7-3-4-8-18(17)16-23-13-5-2-6-14-23/h3-4,7-8,21H,2,5-6,9-16H2,1H3,(H,22,24). The van der Waals surface area contributed by atoms with Crippen LogP contribution in [0.2, 0.25) is 0 Å². The molecular weight excluding hydrogens is 362 g/mol. The number of carbonyl (C=O) groups is 1. The monoisotopic (exact) mass is 393 g/mol. The van der Waals surface area contributed by atoms with Gasteiger partial charge in [-0.3, -0.25) is 9.69 Å². The van der Waals surface area contributed by atoms with Crippen LogP contribution in [0.15, 0.2) is 24.3 Å². The highest BCUT2D eigenvalue weighted by Crippen LogP contribution is 2.28. The third-order valence-corrected chi connectivity index (χ3v) is 7.95. The third-order valence-electron chi connectivity index (χ3n) is 5.94. The second kappa shape index (κ2) is 8.71. The lowest BCUT2D eigenvalue weighted by molar-refractivity contribution is -0.124. The average molecular weight is 394 g/mol. The first-order valence-electron chi connectivity index (χ1n) is 9.90. The minimum atomic E-state index is -3.48. The molecule has 6 nitrogen and oxygen atoms in total. The van der Waals surface area contributed by atoms with Crippen molar-refractivity contribution in [1.82, 2.24) is 15.5 Å². The average Bonchev–Trinajstić information content (AvgIpc) is 2.67. The molecule has 7 heteroatoms. The lowest BCUT2D eigenvalue weighted by atomic mass is 9.95. The Hall–Kier alpha value is -1.44. The number of hydrogen-bond acceptors (Lipinski definition) is 5. The lowest BCUT2D eigenvalue weighted by Gasteiger charge is -2.34. The summed E-state index contributed by atoms with van der Waals surface area (Å²) >= 11 is 0. The Morgan fingerprint density at radius 1 is 1.11 bits per heavy atom. The van der Waals surface area contributed by atoms with Gasteiger partial charge in [-0.25, -0.2) is 8.42 Å². The van der Waals surface area contributed by atoms with Crippen LogP contribution in [0.3, 0.4) is 0 Å². The van der Waals surface area contributed by atoms with Crippen LogP contribution in [0.5, 0.6) is 0 Å². The molecule has 0 atom stereocenters. The molecule has 2 aliphatic heterocycles. The van der Waals surface area contributed by atoms with Crippen molar-refractivity contribution in [3.63, 3.8) is 0 Å². The molecule has 1 aromatic rings. The van der Waals surface area contributed by atoms with Crippen molar-refractivity contribution in [3.8, 4) is 0 Å². The first-order chi connectivity index (χ1) is 12.9. The number of nitrogens with zero attached hydrogens (tertiary/aromatic N) is 1. The minimum absolute atomic E-state index is 0.326. The number of nitrogens with one attached hydrogen (secondary N) is 2. The molecule has 0 spiro atoms. The number of rotatable bonds is 6. The van der Waals surface area contributed by atoms with E-state index in [1.54, 1.807) is 0 Å². The maximum atomic E-state index is 12.9. The van der Waals surface area contributed by atoms with Crippen molar-refractivity contribution < 1.29 is 13.2 Å². The van der Waals surface area contributed by atoms with Gasteiger partial charge >= 0.3 is 0 Å². The van der Waals surface area contributed by atoms with Crippen molar-refractivity contribution in [1.29, 1.82) is 0 Å². The second-order valence-electron chi connectivity index (χ2n) is 7.80. The summed E-state index contributed by atoms with van der Waals surface area (Å²) in [6.07, 6.45) is 5.62. The molecule has 1 amide bonds. The summed E-state index contributed by atoms with van der Waals surface area (Å²) in [7, 11) is -3.48. The lowest BCUT2D eigenvalue weighted by Crippen LogP contribution is -2.57. The Morgan fingerprint density at radius 2 is 1.74 bits per heavy atom. The van der Waals surface area contributed by atoms with Gasteiger partial charge in [-0.2, -0.15) is 0 Å². The van der Waals surface area contributed by atoms with Crippen molar-refractivity contribution in [2.75, 3.05) is 32.4 Å². The van der Waals surface area contributed by atoms with Gasteiger partial charge in [0.05, 0.1) is 0 Å². The fourth-order valence-corrected chi connectivity index (χ4v) is 5.53. The first-order valence-corrected chi connectivity index (χ1v) is 11.8. The molecule has 150 valence electrons. The van der Waals surface area contributed by atoms with E-state index in [9.17, 15) is 13.2 Å². The summed E-state index contributed by atoms with van der Waals surface area (Å²) in [6, 6.07) is 8.12. The predicted octanol–water partition coefficient (Wildman–Crippen LogP) is 1.46. The molecular formula is C20H31N3O3S. The molecule has 0 radical (unpaired) electrons. The Balaban J connectivity index is 1.69. The summed E-state index contributed by atoms with van der Waals surface area (Å²) in [5.41, 5.74) is 2.27. The zero-order valence-corrected chi connectivity index (χ0v) is 17.0. The Kier molecular flexibility index (Phi) is 6.55. The van der Waals surface area contributed by atoms with Gasteiger partial charge in [0.15, 0.2) is 14.6 Å². The zero-order valence-electron chi connectivity index (χ0n) is 16.2. The van der Waals surface area contributed by atoms with Crippen molar-refractivity contribution in [2.24, 2.45) is 0 Å². The van der Waals surface area contributed by atoms with E-state index in [0.717, 1.165) is 25.2 Å². The number of carbonyl (C=O) groups excluding carboxylic acids is 1. The fourth-order valence-electron chi connectivity index (χ4n) is 4.18. The van der Waals surface area contributed by atoms with E-state index in [1.807, 2.05) is 18.2 Å². The van der Waals surface area contributed by atoms with E-state index in [0.29, 0.717) is 32.5 Å². The first kappa shape index (κ1) is 20.3. The van der Waals surface area contributed by atoms with Crippen LogP contribution in [0.25, 0.3) is 0 Å². The summed E-state index contributed by atoms with van der Waals surface area (Å²) in [4.78, 5) is 15.4. The van der Waals surface area contributed by atoms with E-state index in [4.69, 9.17) is 0 Å². The fraction of sp³-hybridized carbons (Fsp3) is 0.650. The predicted molar refractivity (Wildman–Crippen MR) is 107 cm³/mol. The normalized spacial score (nSPS) is 20.9. The molecule has 0 saturated carbocycles. The molecule has 2 heterocycles. The maximum absolute atomic E-state index is 12.9. The highest BCUT2D eigenvalue weighted by molar-refractivity contribution is 7.92. The van der Waals surface area contributed by atoms with Crippen LogP contribution in [0.4, 0.5) is 0 Å².